The quantitative estimate of drug-likeness (QED) is 0.164. The summed E-state index contributed by atoms with van der Waals surface area (Å²) in [4.78, 5) is 38.8. The first-order chi connectivity index (χ1) is 15.2. The predicted molar refractivity (Wildman–Crippen MR) is 127 cm³/mol. The average molecular weight is 499 g/mol. The lowest BCUT2D eigenvalue weighted by Crippen LogP contribution is -2.29. The lowest BCUT2D eigenvalue weighted by Gasteiger charge is -2.17. The fourth-order valence-corrected chi connectivity index (χ4v) is 4.90. The van der Waals surface area contributed by atoms with Gasteiger partial charge in [0.1, 0.15) is 0 Å². The molecular weight excluding hydrogens is 475 g/mol. The molecule has 3 aromatic rings. The molecule has 13 heteroatoms. The summed E-state index contributed by atoms with van der Waals surface area (Å²) in [6.45, 7) is 4.21. The molecule has 3 rings (SSSR count). The maximum absolute atomic E-state index is 12.7. The summed E-state index contributed by atoms with van der Waals surface area (Å²) in [5.74, 6) is 0. The highest BCUT2D eigenvalue weighted by Crippen LogP contribution is 2.51. The minimum atomic E-state index is -3.22. The van der Waals surface area contributed by atoms with Crippen LogP contribution in [0.5, 0.6) is 0 Å². The molecule has 33 heavy (non-hydrogen) atoms. The molecular formula is C20H24ClN4O7P. The van der Waals surface area contributed by atoms with Crippen LogP contribution in [0, 0.1) is 10.1 Å². The smallest absolute Gasteiger partial charge is 0.335 e. The number of nitrogens with one attached hydrogen (secondary N) is 3. The van der Waals surface area contributed by atoms with Crippen LogP contribution in [0.4, 0.5) is 11.4 Å². The van der Waals surface area contributed by atoms with E-state index in [2.05, 4.69) is 15.3 Å². The van der Waals surface area contributed by atoms with Gasteiger partial charge in [-0.3, -0.25) is 24.3 Å². The first-order valence-corrected chi connectivity index (χ1v) is 11.6. The Bertz CT molecular complexity index is 1280. The van der Waals surface area contributed by atoms with Gasteiger partial charge in [0.2, 0.25) is 0 Å². The number of benzene rings is 2. The van der Waals surface area contributed by atoms with Gasteiger partial charge >= 0.3 is 18.7 Å². The zero-order valence-electron chi connectivity index (χ0n) is 18.0. The lowest BCUT2D eigenvalue weighted by molar-refractivity contribution is -0.384. The Balaban J connectivity index is 0.00000385. The van der Waals surface area contributed by atoms with Crippen LogP contribution in [-0.2, 0) is 26.3 Å². The van der Waals surface area contributed by atoms with Gasteiger partial charge in [-0.1, -0.05) is 12.1 Å². The number of hydrogen-bond acceptors (Lipinski definition) is 8. The third-order valence-electron chi connectivity index (χ3n) is 4.57. The molecule has 178 valence electrons. The summed E-state index contributed by atoms with van der Waals surface area (Å²) in [6.07, 6.45) is 0.138. The van der Waals surface area contributed by atoms with Gasteiger partial charge in [0, 0.05) is 29.9 Å². The number of nitro benzene ring substituents is 1. The Hall–Kier alpha value is -2.98. The van der Waals surface area contributed by atoms with Crippen molar-refractivity contribution < 1.29 is 18.5 Å². The molecule has 1 aromatic heterocycles. The lowest BCUT2D eigenvalue weighted by atomic mass is 10.1. The molecule has 0 bridgehead atoms. The van der Waals surface area contributed by atoms with Crippen molar-refractivity contribution in [2.75, 3.05) is 18.5 Å². The fraction of sp³-hybridized carbons (Fsp3) is 0.300. The number of aromatic nitrogens is 2. The van der Waals surface area contributed by atoms with Crippen LogP contribution in [0.15, 0.2) is 46.0 Å². The monoisotopic (exact) mass is 498 g/mol. The van der Waals surface area contributed by atoms with Crippen LogP contribution in [0.1, 0.15) is 25.0 Å². The molecule has 0 aliphatic carbocycles. The molecule has 0 fully saturated rings. The van der Waals surface area contributed by atoms with Gasteiger partial charge in [-0.05, 0) is 31.5 Å². The van der Waals surface area contributed by atoms with Crippen molar-refractivity contribution in [1.29, 1.82) is 0 Å². The molecule has 2 aromatic carbocycles. The Labute approximate surface area is 194 Å². The van der Waals surface area contributed by atoms with Gasteiger partial charge in [-0.15, -0.1) is 12.4 Å². The molecule has 0 amide bonds. The Morgan fingerprint density at radius 1 is 1.03 bits per heavy atom. The van der Waals surface area contributed by atoms with E-state index in [4.69, 9.17) is 9.05 Å². The standard InChI is InChI=1S/C20H23N4O7P.ClH/c1-3-30-32(29,31-4-2)12-13-5-7-15(8-6-13)21-11-14-9-16(24(27)28)10-17-18(14)23-20(26)19(25)22-17;/h5-10,21H,3-4,11-12H2,1-2H3,(H,22,25)(H,23,26);1H. The van der Waals surface area contributed by atoms with Gasteiger partial charge < -0.3 is 24.3 Å². The van der Waals surface area contributed by atoms with E-state index in [1.54, 1.807) is 38.1 Å². The van der Waals surface area contributed by atoms with E-state index in [1.165, 1.54) is 12.1 Å². The van der Waals surface area contributed by atoms with E-state index in [-0.39, 0.29) is 49.5 Å². The molecule has 0 unspecified atom stereocenters. The second kappa shape index (κ2) is 11.2. The highest BCUT2D eigenvalue weighted by atomic mass is 35.5. The van der Waals surface area contributed by atoms with Crippen molar-refractivity contribution >= 4 is 42.4 Å². The minimum absolute atomic E-state index is 0. The highest BCUT2D eigenvalue weighted by molar-refractivity contribution is 7.53. The Morgan fingerprint density at radius 3 is 2.21 bits per heavy atom. The molecule has 0 aliphatic heterocycles. The topological polar surface area (TPSA) is 156 Å². The average Bonchev–Trinajstić information content (AvgIpc) is 2.74. The zero-order chi connectivity index (χ0) is 23.3. The summed E-state index contributed by atoms with van der Waals surface area (Å²) in [5, 5.41) is 14.4. The second-order valence-corrected chi connectivity index (χ2v) is 8.90. The summed E-state index contributed by atoms with van der Waals surface area (Å²) >= 11 is 0. The Morgan fingerprint density at radius 2 is 1.64 bits per heavy atom. The van der Waals surface area contributed by atoms with Crippen molar-refractivity contribution in [2.24, 2.45) is 0 Å². The molecule has 11 nitrogen and oxygen atoms in total. The van der Waals surface area contributed by atoms with E-state index < -0.39 is 23.6 Å². The number of hydrogen-bond donors (Lipinski definition) is 3. The molecule has 1 heterocycles. The minimum Gasteiger partial charge on any atom is -0.381 e. The van der Waals surface area contributed by atoms with E-state index in [1.807, 2.05) is 0 Å². The fourth-order valence-electron chi connectivity index (χ4n) is 3.20. The number of non-ortho nitro benzene ring substituents is 1. The van der Waals surface area contributed by atoms with Crippen LogP contribution in [-0.4, -0.2) is 28.1 Å². The van der Waals surface area contributed by atoms with Crippen LogP contribution >= 0.6 is 20.0 Å². The largest absolute Gasteiger partial charge is 0.381 e. The van der Waals surface area contributed by atoms with Crippen LogP contribution in [0.25, 0.3) is 11.0 Å². The summed E-state index contributed by atoms with van der Waals surface area (Å²) < 4.78 is 23.3. The zero-order valence-corrected chi connectivity index (χ0v) is 19.7. The van der Waals surface area contributed by atoms with Gasteiger partial charge in [-0.25, -0.2) is 0 Å². The van der Waals surface area contributed by atoms with Crippen LogP contribution in [0.2, 0.25) is 0 Å². The summed E-state index contributed by atoms with van der Waals surface area (Å²) in [7, 11) is -3.22. The normalized spacial score (nSPS) is 11.2. The van der Waals surface area contributed by atoms with Gasteiger partial charge in [0.05, 0.1) is 35.3 Å². The number of anilines is 1. The molecule has 3 N–H and O–H groups in total. The SMILES string of the molecule is CCOP(=O)(Cc1ccc(NCc2cc([N+](=O)[O-])cc3[nH]c(=O)c(=O)[nH]c23)cc1)OCC.Cl. The second-order valence-electron chi connectivity index (χ2n) is 6.85. The van der Waals surface area contributed by atoms with Crippen molar-refractivity contribution in [2.45, 2.75) is 26.6 Å². The van der Waals surface area contributed by atoms with Gasteiger partial charge in [0.15, 0.2) is 0 Å². The highest BCUT2D eigenvalue weighted by Gasteiger charge is 2.23. The van der Waals surface area contributed by atoms with E-state index in [0.717, 1.165) is 5.56 Å². The van der Waals surface area contributed by atoms with Gasteiger partial charge in [0.25, 0.3) is 5.69 Å². The van der Waals surface area contributed by atoms with Crippen molar-refractivity contribution in [3.05, 3.63) is 78.3 Å². The van der Waals surface area contributed by atoms with Crippen molar-refractivity contribution in [3.8, 4) is 0 Å². The number of rotatable bonds is 10. The molecule has 0 spiro atoms. The number of nitrogens with zero attached hydrogens (tertiary/aromatic N) is 1. The van der Waals surface area contributed by atoms with Gasteiger partial charge in [-0.2, -0.15) is 0 Å². The number of halogens is 1. The number of nitro groups is 1. The van der Waals surface area contributed by atoms with Crippen LogP contribution < -0.4 is 16.4 Å². The molecule has 0 saturated heterocycles. The van der Waals surface area contributed by atoms with E-state index in [0.29, 0.717) is 16.8 Å². The third-order valence-corrected chi connectivity index (χ3v) is 6.63. The van der Waals surface area contributed by atoms with Crippen molar-refractivity contribution in [3.63, 3.8) is 0 Å². The number of aromatic amines is 2. The maximum atomic E-state index is 12.7. The molecule has 0 atom stereocenters. The first-order valence-electron chi connectivity index (χ1n) is 9.89. The van der Waals surface area contributed by atoms with Crippen LogP contribution in [0.3, 0.4) is 0 Å². The molecule has 0 saturated carbocycles. The Kier molecular flexibility index (Phi) is 8.95. The van der Waals surface area contributed by atoms with Crippen molar-refractivity contribution in [1.82, 2.24) is 9.97 Å². The molecule has 0 aliphatic rings. The summed E-state index contributed by atoms with van der Waals surface area (Å²) in [5.41, 5.74) is 0.427. The van der Waals surface area contributed by atoms with E-state index >= 15 is 0 Å². The predicted octanol–water partition coefficient (Wildman–Crippen LogP) is 3.92. The first kappa shape index (κ1) is 26.3. The summed E-state index contributed by atoms with van der Waals surface area (Å²) in [6, 6.07) is 9.61. The molecule has 0 radical (unpaired) electrons. The van der Waals surface area contributed by atoms with E-state index in [9.17, 15) is 24.3 Å². The third kappa shape index (κ3) is 6.52. The number of H-pyrrole nitrogens is 2. The number of fused-ring (bicyclic) bond motifs is 1. The maximum Gasteiger partial charge on any atom is 0.335 e.